The zero-order valence-corrected chi connectivity index (χ0v) is 8.86. The maximum Gasteiger partial charge on any atom is 0.245 e. The van der Waals surface area contributed by atoms with Crippen molar-refractivity contribution >= 4 is 12.7 Å². The van der Waals surface area contributed by atoms with E-state index < -0.39 is 7.44 Å². The molecule has 0 bridgehead atoms. The van der Waals surface area contributed by atoms with Crippen LogP contribution in [-0.2, 0) is 4.57 Å². The molecule has 2 heterocycles. The molecule has 1 aromatic rings. The Kier molecular flexibility index (Phi) is 1.81. The number of nitrogens with zero attached hydrogens (tertiary/aromatic N) is 2. The molecule has 0 unspecified atom stereocenters. The summed E-state index contributed by atoms with van der Waals surface area (Å²) in [5.41, 5.74) is 0. The number of hydrogen-bond donors (Lipinski definition) is 0. The largest absolute Gasteiger partial charge is 0.284 e. The normalized spacial score (nSPS) is 22.3. The molecular formula is C10H13N2OP. The van der Waals surface area contributed by atoms with Gasteiger partial charge in [0, 0.05) is 31.5 Å². The summed E-state index contributed by atoms with van der Waals surface area (Å²) < 4.78 is 17.0. The van der Waals surface area contributed by atoms with Crippen molar-refractivity contribution in [3.8, 4) is 0 Å². The highest BCUT2D eigenvalue weighted by molar-refractivity contribution is 7.67. The fourth-order valence-electron chi connectivity index (χ4n) is 1.76. The minimum Gasteiger partial charge on any atom is -0.284 e. The van der Waals surface area contributed by atoms with Gasteiger partial charge in [-0.25, -0.2) is 9.34 Å². The second kappa shape index (κ2) is 2.93. The highest BCUT2D eigenvalue weighted by atomic mass is 31.2. The summed E-state index contributed by atoms with van der Waals surface area (Å²) in [5.74, 6) is 0. The lowest BCUT2D eigenvalue weighted by Crippen LogP contribution is -2.16. The highest BCUT2D eigenvalue weighted by Gasteiger charge is 2.48. The van der Waals surface area contributed by atoms with Crippen molar-refractivity contribution in [2.45, 2.75) is 0 Å². The molecule has 14 heavy (non-hydrogen) atoms. The first-order chi connectivity index (χ1) is 6.82. The topological polar surface area (TPSA) is 23.1 Å². The van der Waals surface area contributed by atoms with Gasteiger partial charge >= 0.3 is 0 Å². The molecule has 2 fully saturated rings. The Bertz CT molecular complexity index is 368. The van der Waals surface area contributed by atoms with Crippen LogP contribution < -0.4 is 5.30 Å². The molecule has 4 heteroatoms. The molecule has 0 N–H and O–H groups in total. The lowest BCUT2D eigenvalue weighted by molar-refractivity contribution is 0.529. The van der Waals surface area contributed by atoms with Crippen LogP contribution in [0.3, 0.4) is 0 Å². The van der Waals surface area contributed by atoms with E-state index in [-0.39, 0.29) is 0 Å². The predicted octanol–water partition coefficient (Wildman–Crippen LogP) is 1.14. The summed E-state index contributed by atoms with van der Waals surface area (Å²) in [6.07, 6.45) is 0. The molecule has 0 saturated carbocycles. The summed E-state index contributed by atoms with van der Waals surface area (Å²) in [6.45, 7) is 3.96. The van der Waals surface area contributed by atoms with Crippen LogP contribution in [0.1, 0.15) is 0 Å². The van der Waals surface area contributed by atoms with Crippen LogP contribution in [0.5, 0.6) is 0 Å². The highest BCUT2D eigenvalue weighted by Crippen LogP contribution is 2.58. The van der Waals surface area contributed by atoms with Gasteiger partial charge in [0.2, 0.25) is 7.44 Å². The van der Waals surface area contributed by atoms with Crippen molar-refractivity contribution in [3.05, 3.63) is 30.3 Å². The molecule has 1 aromatic carbocycles. The molecule has 2 aliphatic heterocycles. The number of rotatable bonds is 3. The van der Waals surface area contributed by atoms with E-state index in [4.69, 9.17) is 0 Å². The Balaban J connectivity index is 2.03. The molecular weight excluding hydrogens is 195 g/mol. The molecule has 2 saturated heterocycles. The van der Waals surface area contributed by atoms with Gasteiger partial charge in [0.25, 0.3) is 0 Å². The Hall–Kier alpha value is -0.630. The molecule has 2 aliphatic rings. The summed E-state index contributed by atoms with van der Waals surface area (Å²) in [6, 6.07) is 9.87. The Labute approximate surface area is 83.8 Å². The smallest absolute Gasteiger partial charge is 0.245 e. The molecule has 0 spiro atoms. The minimum absolute atomic E-state index is 0.989. The third-order valence-corrected chi connectivity index (χ3v) is 6.01. The lowest BCUT2D eigenvalue weighted by atomic mass is 10.4. The summed E-state index contributed by atoms with van der Waals surface area (Å²) >= 11 is 0. The first-order valence-corrected chi connectivity index (χ1v) is 6.59. The third-order valence-electron chi connectivity index (χ3n) is 2.71. The van der Waals surface area contributed by atoms with E-state index in [1.165, 1.54) is 0 Å². The monoisotopic (exact) mass is 208 g/mol. The van der Waals surface area contributed by atoms with Gasteiger partial charge in [-0.2, -0.15) is 0 Å². The van der Waals surface area contributed by atoms with Gasteiger partial charge in [-0.3, -0.25) is 4.57 Å². The summed E-state index contributed by atoms with van der Waals surface area (Å²) in [7, 11) is -2.33. The molecule has 3 rings (SSSR count). The van der Waals surface area contributed by atoms with Gasteiger partial charge < -0.3 is 0 Å². The van der Waals surface area contributed by atoms with Crippen molar-refractivity contribution in [1.29, 1.82) is 0 Å². The van der Waals surface area contributed by atoms with Crippen molar-refractivity contribution in [2.24, 2.45) is 0 Å². The SMILES string of the molecule is O=P(c1ccccc1)(N1CC1)N1CC1. The average Bonchev–Trinajstić information content (AvgIpc) is 3.06. The van der Waals surface area contributed by atoms with Crippen LogP contribution in [0.15, 0.2) is 30.3 Å². The standard InChI is InChI=1S/C10H13N2OP/c13-14(11-6-7-11,12-8-9-12)10-4-2-1-3-5-10/h1-5H,6-9H2. The van der Waals surface area contributed by atoms with Crippen molar-refractivity contribution in [3.63, 3.8) is 0 Å². The molecule has 0 atom stereocenters. The van der Waals surface area contributed by atoms with Gasteiger partial charge in [-0.1, -0.05) is 18.2 Å². The number of benzene rings is 1. The van der Waals surface area contributed by atoms with Crippen LogP contribution in [0.2, 0.25) is 0 Å². The molecule has 74 valence electrons. The Morgan fingerprint density at radius 3 is 1.86 bits per heavy atom. The second-order valence-electron chi connectivity index (χ2n) is 3.79. The Morgan fingerprint density at radius 1 is 0.929 bits per heavy atom. The number of hydrogen-bond acceptors (Lipinski definition) is 1. The maximum atomic E-state index is 12.8. The summed E-state index contributed by atoms with van der Waals surface area (Å²) in [4.78, 5) is 0. The predicted molar refractivity (Wildman–Crippen MR) is 56.8 cm³/mol. The molecule has 0 radical (unpaired) electrons. The van der Waals surface area contributed by atoms with Gasteiger partial charge in [-0.15, -0.1) is 0 Å². The van der Waals surface area contributed by atoms with Crippen LogP contribution in [0, 0.1) is 0 Å². The first kappa shape index (κ1) is 8.66. The van der Waals surface area contributed by atoms with E-state index in [2.05, 4.69) is 9.34 Å². The molecule has 0 aliphatic carbocycles. The first-order valence-electron chi connectivity index (χ1n) is 4.98. The molecule has 0 aromatic heterocycles. The Morgan fingerprint density at radius 2 is 1.43 bits per heavy atom. The van der Waals surface area contributed by atoms with E-state index in [9.17, 15) is 4.57 Å². The van der Waals surface area contributed by atoms with E-state index >= 15 is 0 Å². The fourth-order valence-corrected chi connectivity index (χ4v) is 4.59. The molecule has 3 nitrogen and oxygen atoms in total. The fraction of sp³-hybridized carbons (Fsp3) is 0.400. The van der Waals surface area contributed by atoms with E-state index in [1.54, 1.807) is 0 Å². The van der Waals surface area contributed by atoms with Gasteiger partial charge in [0.05, 0.1) is 0 Å². The van der Waals surface area contributed by atoms with Crippen LogP contribution in [-0.4, -0.2) is 35.5 Å². The third kappa shape index (κ3) is 1.24. The van der Waals surface area contributed by atoms with Crippen molar-refractivity contribution in [1.82, 2.24) is 9.34 Å². The van der Waals surface area contributed by atoms with Crippen LogP contribution in [0.25, 0.3) is 0 Å². The average molecular weight is 208 g/mol. The second-order valence-corrected chi connectivity index (χ2v) is 6.52. The zero-order chi connectivity index (χ0) is 9.60. The zero-order valence-electron chi connectivity index (χ0n) is 7.97. The van der Waals surface area contributed by atoms with E-state index in [0.29, 0.717) is 0 Å². The van der Waals surface area contributed by atoms with Crippen molar-refractivity contribution in [2.75, 3.05) is 26.2 Å². The molecule has 0 amide bonds. The quantitative estimate of drug-likeness (QED) is 0.549. The van der Waals surface area contributed by atoms with Gasteiger partial charge in [-0.05, 0) is 12.1 Å². The van der Waals surface area contributed by atoms with E-state index in [1.807, 2.05) is 30.3 Å². The van der Waals surface area contributed by atoms with Crippen molar-refractivity contribution < 1.29 is 4.57 Å². The van der Waals surface area contributed by atoms with E-state index in [0.717, 1.165) is 31.5 Å². The summed E-state index contributed by atoms with van der Waals surface area (Å²) in [5, 5.41) is 0.995. The van der Waals surface area contributed by atoms with Crippen LogP contribution in [0.4, 0.5) is 0 Å². The lowest BCUT2D eigenvalue weighted by Gasteiger charge is -2.20. The maximum absolute atomic E-state index is 12.8. The van der Waals surface area contributed by atoms with Gasteiger partial charge in [0.15, 0.2) is 0 Å². The minimum atomic E-state index is -2.33. The van der Waals surface area contributed by atoms with Crippen LogP contribution >= 0.6 is 7.44 Å². The van der Waals surface area contributed by atoms with Gasteiger partial charge in [0.1, 0.15) is 0 Å².